The van der Waals surface area contributed by atoms with Gasteiger partial charge in [-0.05, 0) is 36.4 Å². The predicted octanol–water partition coefficient (Wildman–Crippen LogP) is 3.53. The molecule has 0 fully saturated rings. The van der Waals surface area contributed by atoms with E-state index in [1.54, 1.807) is 30.5 Å². The van der Waals surface area contributed by atoms with Crippen LogP contribution in [-0.4, -0.2) is 15.5 Å². The number of benzene rings is 2. The van der Waals surface area contributed by atoms with Gasteiger partial charge in [0.1, 0.15) is 29.8 Å². The fourth-order valence-corrected chi connectivity index (χ4v) is 2.17. The Bertz CT molecular complexity index is 892. The van der Waals surface area contributed by atoms with Crippen LogP contribution in [0.3, 0.4) is 0 Å². The molecule has 0 aliphatic rings. The lowest BCUT2D eigenvalue weighted by atomic mass is 10.2. The number of carbonyl (C=O) groups excluding carboxylic acids is 1. The van der Waals surface area contributed by atoms with E-state index in [0.717, 1.165) is 11.9 Å². The number of hydrogen-bond donors (Lipinski definition) is 1. The standard InChI is InChI=1S/C18H15F2N3O2/c1-23-9-8-21-17(23)11-25-14-5-2-12(3-6-14)18(24)22-16-7-4-13(19)10-15(16)20/h2-10H,11H2,1H3,(H,22,24). The Morgan fingerprint density at radius 3 is 2.60 bits per heavy atom. The van der Waals surface area contributed by atoms with E-state index >= 15 is 0 Å². The Hall–Kier alpha value is -3.22. The highest BCUT2D eigenvalue weighted by Gasteiger charge is 2.10. The summed E-state index contributed by atoms with van der Waals surface area (Å²) < 4.78 is 33.9. The number of hydrogen-bond acceptors (Lipinski definition) is 3. The van der Waals surface area contributed by atoms with Crippen molar-refractivity contribution in [3.8, 4) is 5.75 Å². The van der Waals surface area contributed by atoms with Gasteiger partial charge in [-0.1, -0.05) is 0 Å². The predicted molar refractivity (Wildman–Crippen MR) is 88.3 cm³/mol. The van der Waals surface area contributed by atoms with E-state index in [1.165, 1.54) is 6.07 Å². The molecule has 0 spiro atoms. The summed E-state index contributed by atoms with van der Waals surface area (Å²) in [5, 5.41) is 2.40. The van der Waals surface area contributed by atoms with Crippen molar-refractivity contribution < 1.29 is 18.3 Å². The van der Waals surface area contributed by atoms with E-state index in [0.29, 0.717) is 24.0 Å². The fraction of sp³-hybridized carbons (Fsp3) is 0.111. The minimum atomic E-state index is -0.830. The van der Waals surface area contributed by atoms with Gasteiger partial charge in [0.2, 0.25) is 0 Å². The number of rotatable bonds is 5. The second kappa shape index (κ2) is 7.12. The molecule has 3 rings (SSSR count). The molecule has 128 valence electrons. The summed E-state index contributed by atoms with van der Waals surface area (Å²) >= 11 is 0. The van der Waals surface area contributed by atoms with Crippen LogP contribution < -0.4 is 10.1 Å². The number of anilines is 1. The zero-order valence-electron chi connectivity index (χ0n) is 13.4. The zero-order valence-corrected chi connectivity index (χ0v) is 13.4. The van der Waals surface area contributed by atoms with Crippen LogP contribution in [0.5, 0.6) is 5.75 Å². The fourth-order valence-electron chi connectivity index (χ4n) is 2.17. The topological polar surface area (TPSA) is 56.2 Å². The molecule has 0 unspecified atom stereocenters. The van der Waals surface area contributed by atoms with Crippen LogP contribution in [0.15, 0.2) is 54.9 Å². The smallest absolute Gasteiger partial charge is 0.255 e. The molecule has 1 heterocycles. The summed E-state index contributed by atoms with van der Waals surface area (Å²) in [5.41, 5.74) is 0.245. The molecule has 0 aliphatic carbocycles. The molecule has 25 heavy (non-hydrogen) atoms. The molecule has 7 heteroatoms. The lowest BCUT2D eigenvalue weighted by Crippen LogP contribution is -2.13. The second-order valence-electron chi connectivity index (χ2n) is 5.35. The van der Waals surface area contributed by atoms with Crippen LogP contribution >= 0.6 is 0 Å². The molecule has 2 aromatic carbocycles. The van der Waals surface area contributed by atoms with Crippen molar-refractivity contribution in [2.75, 3.05) is 5.32 Å². The van der Waals surface area contributed by atoms with Crippen molar-refractivity contribution in [1.29, 1.82) is 0 Å². The molecule has 3 aromatic rings. The van der Waals surface area contributed by atoms with Crippen LogP contribution in [0.1, 0.15) is 16.2 Å². The number of aryl methyl sites for hydroxylation is 1. The quantitative estimate of drug-likeness (QED) is 0.771. The van der Waals surface area contributed by atoms with E-state index < -0.39 is 17.5 Å². The average Bonchev–Trinajstić information content (AvgIpc) is 3.01. The Balaban J connectivity index is 1.63. The van der Waals surface area contributed by atoms with Gasteiger partial charge < -0.3 is 14.6 Å². The largest absolute Gasteiger partial charge is 0.486 e. The summed E-state index contributed by atoms with van der Waals surface area (Å²) in [4.78, 5) is 16.3. The normalized spacial score (nSPS) is 10.5. The Kier molecular flexibility index (Phi) is 4.74. The first-order chi connectivity index (χ1) is 12.0. The lowest BCUT2D eigenvalue weighted by molar-refractivity contribution is 0.102. The van der Waals surface area contributed by atoms with Crippen molar-refractivity contribution in [3.05, 3.63) is 77.9 Å². The number of nitrogens with one attached hydrogen (secondary N) is 1. The summed E-state index contributed by atoms with van der Waals surface area (Å²) in [5.74, 6) is -0.685. The molecule has 0 bridgehead atoms. The van der Waals surface area contributed by atoms with Gasteiger partial charge >= 0.3 is 0 Å². The molecule has 0 saturated heterocycles. The highest BCUT2D eigenvalue weighted by atomic mass is 19.1. The molecule has 0 atom stereocenters. The third-order valence-corrected chi connectivity index (χ3v) is 3.58. The number of amides is 1. The second-order valence-corrected chi connectivity index (χ2v) is 5.35. The van der Waals surface area contributed by atoms with Gasteiger partial charge in [0.05, 0.1) is 5.69 Å². The van der Waals surface area contributed by atoms with Crippen molar-refractivity contribution in [3.63, 3.8) is 0 Å². The zero-order chi connectivity index (χ0) is 17.8. The van der Waals surface area contributed by atoms with Crippen LogP contribution in [0, 0.1) is 11.6 Å². The maximum atomic E-state index is 13.6. The number of ether oxygens (including phenoxy) is 1. The SMILES string of the molecule is Cn1ccnc1COc1ccc(C(=O)Nc2ccc(F)cc2F)cc1. The van der Waals surface area contributed by atoms with Gasteiger partial charge in [0.25, 0.3) is 5.91 Å². The van der Waals surface area contributed by atoms with Crippen LogP contribution in [0.4, 0.5) is 14.5 Å². The molecular formula is C18H15F2N3O2. The molecule has 0 saturated carbocycles. The summed E-state index contributed by atoms with van der Waals surface area (Å²) in [6, 6.07) is 9.36. The van der Waals surface area contributed by atoms with Gasteiger partial charge in [-0.3, -0.25) is 4.79 Å². The summed E-state index contributed by atoms with van der Waals surface area (Å²) in [7, 11) is 1.87. The van der Waals surface area contributed by atoms with Gasteiger partial charge in [-0.25, -0.2) is 13.8 Å². The maximum absolute atomic E-state index is 13.6. The van der Waals surface area contributed by atoms with Gasteiger partial charge in [0, 0.05) is 31.1 Å². The van der Waals surface area contributed by atoms with E-state index in [1.807, 2.05) is 17.8 Å². The summed E-state index contributed by atoms with van der Waals surface area (Å²) in [6.45, 7) is 0.301. The monoisotopic (exact) mass is 343 g/mol. The van der Waals surface area contributed by atoms with Crippen LogP contribution in [0.25, 0.3) is 0 Å². The third kappa shape index (κ3) is 4.00. The minimum absolute atomic E-state index is 0.0819. The lowest BCUT2D eigenvalue weighted by Gasteiger charge is -2.08. The maximum Gasteiger partial charge on any atom is 0.255 e. The molecule has 0 radical (unpaired) electrons. The Morgan fingerprint density at radius 1 is 1.20 bits per heavy atom. The molecule has 1 N–H and O–H groups in total. The summed E-state index contributed by atoms with van der Waals surface area (Å²) in [6.07, 6.45) is 3.50. The van der Waals surface area contributed by atoms with E-state index in [9.17, 15) is 13.6 Å². The highest BCUT2D eigenvalue weighted by Crippen LogP contribution is 2.18. The Morgan fingerprint density at radius 2 is 1.96 bits per heavy atom. The number of carbonyl (C=O) groups is 1. The molecule has 1 aromatic heterocycles. The molecule has 5 nitrogen and oxygen atoms in total. The molecule has 0 aliphatic heterocycles. The van der Waals surface area contributed by atoms with Gasteiger partial charge in [-0.15, -0.1) is 0 Å². The van der Waals surface area contributed by atoms with E-state index in [-0.39, 0.29) is 5.69 Å². The molecular weight excluding hydrogens is 328 g/mol. The van der Waals surface area contributed by atoms with E-state index in [4.69, 9.17) is 4.74 Å². The number of imidazole rings is 1. The van der Waals surface area contributed by atoms with Crippen molar-refractivity contribution in [2.24, 2.45) is 7.05 Å². The van der Waals surface area contributed by atoms with Crippen molar-refractivity contribution >= 4 is 11.6 Å². The Labute approximate surface area is 142 Å². The first-order valence-electron chi connectivity index (χ1n) is 7.48. The van der Waals surface area contributed by atoms with Crippen molar-refractivity contribution in [1.82, 2.24) is 9.55 Å². The van der Waals surface area contributed by atoms with E-state index in [2.05, 4.69) is 10.3 Å². The first kappa shape index (κ1) is 16.6. The van der Waals surface area contributed by atoms with Gasteiger partial charge in [-0.2, -0.15) is 0 Å². The third-order valence-electron chi connectivity index (χ3n) is 3.58. The minimum Gasteiger partial charge on any atom is -0.486 e. The average molecular weight is 343 g/mol. The van der Waals surface area contributed by atoms with Crippen LogP contribution in [0.2, 0.25) is 0 Å². The number of nitrogens with zero attached hydrogens (tertiary/aromatic N) is 2. The van der Waals surface area contributed by atoms with Gasteiger partial charge in [0.15, 0.2) is 0 Å². The number of aromatic nitrogens is 2. The van der Waals surface area contributed by atoms with Crippen molar-refractivity contribution in [2.45, 2.75) is 6.61 Å². The van der Waals surface area contributed by atoms with Crippen LogP contribution in [-0.2, 0) is 13.7 Å². The first-order valence-corrected chi connectivity index (χ1v) is 7.48. The highest BCUT2D eigenvalue weighted by molar-refractivity contribution is 6.04. The number of halogens is 2. The molecule has 1 amide bonds.